The number of halogens is 7. The highest BCUT2D eigenvalue weighted by atomic mass is 32.2. The fourth-order valence-electron chi connectivity index (χ4n) is 4.83. The van der Waals surface area contributed by atoms with Gasteiger partial charge in [0.05, 0.1) is 32.9 Å². The predicted molar refractivity (Wildman–Crippen MR) is 142 cm³/mol. The van der Waals surface area contributed by atoms with Gasteiger partial charge in [0.25, 0.3) is 0 Å². The van der Waals surface area contributed by atoms with Crippen molar-refractivity contribution in [3.8, 4) is 0 Å². The Balaban J connectivity index is 1.37. The predicted octanol–water partition coefficient (Wildman–Crippen LogP) is 6.11. The maximum Gasteiger partial charge on any atom is 0.416 e. The molecular formula is C26H21F7N4O5S2. The molecule has 1 fully saturated rings. The summed E-state index contributed by atoms with van der Waals surface area (Å²) in [4.78, 5) is 6.91. The first-order chi connectivity index (χ1) is 20.4. The topological polar surface area (TPSA) is 122 Å². The number of rotatable bonds is 6. The van der Waals surface area contributed by atoms with Gasteiger partial charge in [-0.2, -0.15) is 30.6 Å². The molecule has 1 N–H and O–H groups in total. The van der Waals surface area contributed by atoms with E-state index in [9.17, 15) is 47.6 Å². The highest BCUT2D eigenvalue weighted by Gasteiger charge is 2.40. The number of benzene rings is 2. The third-order valence-electron chi connectivity index (χ3n) is 7.10. The summed E-state index contributed by atoms with van der Waals surface area (Å²) in [6.07, 6.45) is -6.70. The molecule has 0 saturated carbocycles. The van der Waals surface area contributed by atoms with Crippen LogP contribution < -0.4 is 5.32 Å². The van der Waals surface area contributed by atoms with E-state index in [1.54, 1.807) is 0 Å². The highest BCUT2D eigenvalue weighted by molar-refractivity contribution is 7.90. The molecule has 0 bridgehead atoms. The van der Waals surface area contributed by atoms with Crippen molar-refractivity contribution in [2.24, 2.45) is 0 Å². The van der Waals surface area contributed by atoms with Gasteiger partial charge in [0.1, 0.15) is 17.7 Å². The molecule has 5 rings (SSSR count). The minimum Gasteiger partial charge on any atom is -0.458 e. The number of sulfone groups is 1. The first-order valence-corrected chi connectivity index (χ1v) is 16.0. The smallest absolute Gasteiger partial charge is 0.416 e. The average Bonchev–Trinajstić information content (AvgIpc) is 3.37. The van der Waals surface area contributed by atoms with Gasteiger partial charge in [-0.3, -0.25) is 0 Å². The molecule has 0 radical (unpaired) electrons. The lowest BCUT2D eigenvalue weighted by Crippen LogP contribution is -2.38. The van der Waals surface area contributed by atoms with Crippen LogP contribution in [-0.2, 0) is 32.2 Å². The summed E-state index contributed by atoms with van der Waals surface area (Å²) in [6, 6.07) is 3.49. The molecule has 1 aliphatic heterocycles. The number of furan rings is 1. The van der Waals surface area contributed by atoms with E-state index in [2.05, 4.69) is 15.3 Å². The van der Waals surface area contributed by atoms with Crippen molar-refractivity contribution in [2.75, 3.05) is 24.7 Å². The number of nitrogens with one attached hydrogen (secondary N) is 1. The minimum atomic E-state index is -5.21. The highest BCUT2D eigenvalue weighted by Crippen LogP contribution is 2.40. The summed E-state index contributed by atoms with van der Waals surface area (Å²) in [7, 11) is -8.37. The minimum absolute atomic E-state index is 0.0530. The monoisotopic (exact) mass is 666 g/mol. The van der Waals surface area contributed by atoms with Gasteiger partial charge in [0.15, 0.2) is 21.2 Å². The van der Waals surface area contributed by atoms with E-state index >= 15 is 0 Å². The lowest BCUT2D eigenvalue weighted by Gasteiger charge is -2.31. The molecule has 0 unspecified atom stereocenters. The standard InChI is InChI=1S/C26H21F7N4O5S2/c1-43(38,39)17-2-3-21(20(27)11-17)36-24-23-22(34-13-35-24)19(12-42-23)14-4-6-37(7-5-14)44(40,41)18-9-15(25(28,29)30)8-16(10-18)26(31,32)33/h2-3,8-14H,4-7H2,1H3,(H,34,35,36). The molecule has 0 atom stereocenters. The van der Waals surface area contributed by atoms with Crippen LogP contribution in [0.1, 0.15) is 35.4 Å². The summed E-state index contributed by atoms with van der Waals surface area (Å²) in [5.41, 5.74) is -2.61. The number of fused-ring (bicyclic) bond motifs is 1. The van der Waals surface area contributed by atoms with Crippen LogP contribution in [0.25, 0.3) is 11.1 Å². The fraction of sp³-hybridized carbons (Fsp3) is 0.308. The van der Waals surface area contributed by atoms with Crippen molar-refractivity contribution in [3.63, 3.8) is 0 Å². The number of hydrogen-bond donors (Lipinski definition) is 1. The number of hydrogen-bond acceptors (Lipinski definition) is 8. The summed E-state index contributed by atoms with van der Waals surface area (Å²) in [6.45, 7) is -0.434. The number of sulfonamides is 1. The Hall–Kier alpha value is -3.77. The largest absolute Gasteiger partial charge is 0.458 e. The first kappa shape index (κ1) is 31.6. The zero-order chi connectivity index (χ0) is 32.2. The van der Waals surface area contributed by atoms with Crippen molar-refractivity contribution >= 4 is 42.5 Å². The number of nitrogens with zero attached hydrogens (tertiary/aromatic N) is 3. The lowest BCUT2D eigenvalue weighted by molar-refractivity contribution is -0.143. The molecule has 9 nitrogen and oxygen atoms in total. The van der Waals surface area contributed by atoms with E-state index in [0.717, 1.165) is 23.0 Å². The van der Waals surface area contributed by atoms with Gasteiger partial charge in [-0.15, -0.1) is 0 Å². The van der Waals surface area contributed by atoms with Crippen LogP contribution in [0.2, 0.25) is 0 Å². The maximum atomic E-state index is 14.6. The van der Waals surface area contributed by atoms with Gasteiger partial charge in [-0.05, 0) is 55.2 Å². The van der Waals surface area contributed by atoms with E-state index in [1.807, 2.05) is 0 Å². The first-order valence-electron chi connectivity index (χ1n) is 12.6. The van der Waals surface area contributed by atoms with E-state index in [4.69, 9.17) is 4.42 Å². The molecule has 0 spiro atoms. The summed E-state index contributed by atoms with van der Waals surface area (Å²) >= 11 is 0. The molecule has 1 saturated heterocycles. The second-order valence-corrected chi connectivity index (χ2v) is 14.0. The van der Waals surface area contributed by atoms with Gasteiger partial charge in [0, 0.05) is 24.9 Å². The number of anilines is 2. The fourth-order valence-corrected chi connectivity index (χ4v) is 7.01. The second kappa shape index (κ2) is 11.0. The number of aromatic nitrogens is 2. The Bertz CT molecular complexity index is 1920. The normalized spacial score (nSPS) is 16.0. The van der Waals surface area contributed by atoms with Gasteiger partial charge in [0.2, 0.25) is 10.0 Å². The second-order valence-electron chi connectivity index (χ2n) is 10.0. The molecule has 2 aromatic carbocycles. The maximum absolute atomic E-state index is 14.6. The molecule has 44 heavy (non-hydrogen) atoms. The summed E-state index contributed by atoms with van der Waals surface area (Å²) in [5.74, 6) is -1.18. The van der Waals surface area contributed by atoms with Crippen molar-refractivity contribution in [1.82, 2.24) is 14.3 Å². The summed E-state index contributed by atoms with van der Waals surface area (Å²) < 4.78 is 150. The van der Waals surface area contributed by atoms with Crippen LogP contribution in [-0.4, -0.2) is 50.5 Å². The van der Waals surface area contributed by atoms with E-state index < -0.39 is 54.1 Å². The Labute approximate surface area is 245 Å². The number of piperidine rings is 1. The van der Waals surface area contributed by atoms with Gasteiger partial charge >= 0.3 is 12.4 Å². The Kier molecular flexibility index (Phi) is 7.90. The molecule has 0 amide bonds. The third-order valence-corrected chi connectivity index (χ3v) is 10.1. The molecule has 3 heterocycles. The summed E-state index contributed by atoms with van der Waals surface area (Å²) in [5, 5.41) is 2.72. The Morgan fingerprint density at radius 3 is 2.05 bits per heavy atom. The molecule has 4 aromatic rings. The van der Waals surface area contributed by atoms with Gasteiger partial charge in [-0.1, -0.05) is 0 Å². The lowest BCUT2D eigenvalue weighted by atomic mass is 9.91. The van der Waals surface area contributed by atoms with Crippen LogP contribution in [0.15, 0.2) is 63.2 Å². The Morgan fingerprint density at radius 2 is 1.50 bits per heavy atom. The third kappa shape index (κ3) is 6.23. The molecule has 2 aromatic heterocycles. The average molecular weight is 667 g/mol. The molecular weight excluding hydrogens is 645 g/mol. The van der Waals surface area contributed by atoms with Crippen LogP contribution in [0, 0.1) is 5.82 Å². The van der Waals surface area contributed by atoms with Crippen LogP contribution in [0.5, 0.6) is 0 Å². The molecule has 18 heteroatoms. The molecule has 236 valence electrons. The zero-order valence-corrected chi connectivity index (χ0v) is 24.0. The van der Waals surface area contributed by atoms with Gasteiger partial charge in [-0.25, -0.2) is 31.2 Å². The van der Waals surface area contributed by atoms with E-state index in [-0.39, 0.29) is 72.0 Å². The van der Waals surface area contributed by atoms with Crippen molar-refractivity contribution in [2.45, 2.75) is 40.9 Å². The molecule has 1 aliphatic rings. The van der Waals surface area contributed by atoms with Gasteiger partial charge < -0.3 is 9.73 Å². The van der Waals surface area contributed by atoms with Crippen LogP contribution in [0.4, 0.5) is 42.2 Å². The zero-order valence-electron chi connectivity index (χ0n) is 22.4. The van der Waals surface area contributed by atoms with Crippen molar-refractivity contribution in [1.29, 1.82) is 0 Å². The number of alkyl halides is 6. The van der Waals surface area contributed by atoms with Crippen molar-refractivity contribution in [3.05, 3.63) is 71.5 Å². The van der Waals surface area contributed by atoms with E-state index in [1.165, 1.54) is 18.4 Å². The van der Waals surface area contributed by atoms with Crippen molar-refractivity contribution < 1.29 is 52.0 Å². The quantitative estimate of drug-likeness (QED) is 0.245. The van der Waals surface area contributed by atoms with Crippen LogP contribution >= 0.6 is 0 Å². The van der Waals surface area contributed by atoms with E-state index in [0.29, 0.717) is 11.1 Å². The SMILES string of the molecule is CS(=O)(=O)c1ccc(Nc2ncnc3c(C4CCN(S(=O)(=O)c5cc(C(F)(F)F)cc(C(F)(F)F)c5)CC4)coc23)c(F)c1. The molecule has 0 aliphatic carbocycles. The Morgan fingerprint density at radius 1 is 0.886 bits per heavy atom. The van der Waals surface area contributed by atoms with Crippen LogP contribution in [0.3, 0.4) is 0 Å².